The SMILES string of the molecule is c1ccc(N2CCN(c3nc4ccccc4c4nncn34)CC2)cc1. The van der Waals surface area contributed by atoms with Gasteiger partial charge in [-0.25, -0.2) is 4.98 Å². The Kier molecular flexibility index (Phi) is 3.26. The van der Waals surface area contributed by atoms with Gasteiger partial charge in [-0.15, -0.1) is 10.2 Å². The standard InChI is InChI=1S/C19H18N6/c1-2-6-15(7-3-1)23-10-12-24(13-11-23)19-21-17-9-5-4-8-16(17)18-22-20-14-25(18)19/h1-9,14H,10-13H2. The molecular weight excluding hydrogens is 312 g/mol. The Morgan fingerprint density at radius 1 is 0.760 bits per heavy atom. The fraction of sp³-hybridized carbons (Fsp3) is 0.211. The van der Waals surface area contributed by atoms with Gasteiger partial charge >= 0.3 is 0 Å². The molecule has 0 unspecified atom stereocenters. The molecule has 1 aliphatic heterocycles. The van der Waals surface area contributed by atoms with Crippen LogP contribution in [0.25, 0.3) is 16.6 Å². The van der Waals surface area contributed by atoms with Crippen molar-refractivity contribution in [2.75, 3.05) is 36.0 Å². The smallest absolute Gasteiger partial charge is 0.213 e. The van der Waals surface area contributed by atoms with Crippen molar-refractivity contribution in [3.63, 3.8) is 0 Å². The summed E-state index contributed by atoms with van der Waals surface area (Å²) in [4.78, 5) is 9.63. The first kappa shape index (κ1) is 14.2. The van der Waals surface area contributed by atoms with E-state index in [1.54, 1.807) is 6.33 Å². The number of piperazine rings is 1. The molecular formula is C19H18N6. The summed E-state index contributed by atoms with van der Waals surface area (Å²) in [7, 11) is 0. The highest BCUT2D eigenvalue weighted by atomic mass is 15.4. The summed E-state index contributed by atoms with van der Waals surface area (Å²) in [6.45, 7) is 3.80. The topological polar surface area (TPSA) is 49.6 Å². The van der Waals surface area contributed by atoms with Crippen LogP contribution < -0.4 is 9.80 Å². The molecule has 1 saturated heterocycles. The van der Waals surface area contributed by atoms with Crippen molar-refractivity contribution < 1.29 is 0 Å². The Morgan fingerprint density at radius 2 is 1.48 bits per heavy atom. The van der Waals surface area contributed by atoms with E-state index in [9.17, 15) is 0 Å². The molecule has 3 heterocycles. The van der Waals surface area contributed by atoms with Crippen LogP contribution in [0.4, 0.5) is 11.6 Å². The molecule has 2 aromatic carbocycles. The fourth-order valence-electron chi connectivity index (χ4n) is 3.51. The number of para-hydroxylation sites is 2. The fourth-order valence-corrected chi connectivity index (χ4v) is 3.51. The highest BCUT2D eigenvalue weighted by Gasteiger charge is 2.21. The lowest BCUT2D eigenvalue weighted by molar-refractivity contribution is 0.638. The van der Waals surface area contributed by atoms with Crippen molar-refractivity contribution in [2.24, 2.45) is 0 Å². The lowest BCUT2D eigenvalue weighted by Gasteiger charge is -2.36. The summed E-state index contributed by atoms with van der Waals surface area (Å²) < 4.78 is 2.00. The third kappa shape index (κ3) is 2.38. The summed E-state index contributed by atoms with van der Waals surface area (Å²) in [6, 6.07) is 18.7. The molecule has 1 fully saturated rings. The first-order valence-electron chi connectivity index (χ1n) is 8.53. The van der Waals surface area contributed by atoms with Gasteiger partial charge in [0.25, 0.3) is 0 Å². The molecule has 0 aliphatic carbocycles. The minimum atomic E-state index is 0.867. The van der Waals surface area contributed by atoms with Crippen molar-refractivity contribution in [1.29, 1.82) is 0 Å². The monoisotopic (exact) mass is 330 g/mol. The van der Waals surface area contributed by atoms with Gasteiger partial charge in [0.1, 0.15) is 6.33 Å². The molecule has 0 radical (unpaired) electrons. The molecule has 25 heavy (non-hydrogen) atoms. The van der Waals surface area contributed by atoms with E-state index in [4.69, 9.17) is 4.98 Å². The van der Waals surface area contributed by atoms with Gasteiger partial charge in [-0.1, -0.05) is 30.3 Å². The van der Waals surface area contributed by atoms with Gasteiger partial charge in [0.05, 0.1) is 5.52 Å². The zero-order valence-electron chi connectivity index (χ0n) is 13.8. The molecule has 6 heteroatoms. The molecule has 0 bridgehead atoms. The van der Waals surface area contributed by atoms with Crippen LogP contribution in [-0.4, -0.2) is 45.8 Å². The van der Waals surface area contributed by atoms with Gasteiger partial charge in [-0.2, -0.15) is 0 Å². The Bertz CT molecular complexity index is 1020. The number of rotatable bonds is 2. The van der Waals surface area contributed by atoms with Crippen LogP contribution in [0.15, 0.2) is 60.9 Å². The first-order valence-corrected chi connectivity index (χ1v) is 8.53. The lowest BCUT2D eigenvalue weighted by Crippen LogP contribution is -2.47. The quantitative estimate of drug-likeness (QED) is 0.565. The summed E-state index contributed by atoms with van der Waals surface area (Å²) in [6.07, 6.45) is 1.76. The predicted octanol–water partition coefficient (Wildman–Crippen LogP) is 2.60. The number of aromatic nitrogens is 4. The van der Waals surface area contributed by atoms with Crippen LogP contribution >= 0.6 is 0 Å². The Morgan fingerprint density at radius 3 is 2.32 bits per heavy atom. The average molecular weight is 330 g/mol. The largest absolute Gasteiger partial charge is 0.368 e. The van der Waals surface area contributed by atoms with Crippen LogP contribution in [-0.2, 0) is 0 Å². The maximum absolute atomic E-state index is 4.89. The molecule has 0 spiro atoms. The zero-order chi connectivity index (χ0) is 16.6. The van der Waals surface area contributed by atoms with Crippen LogP contribution in [0.3, 0.4) is 0 Å². The van der Waals surface area contributed by atoms with Crippen molar-refractivity contribution in [3.05, 3.63) is 60.9 Å². The predicted molar refractivity (Wildman–Crippen MR) is 99.2 cm³/mol. The van der Waals surface area contributed by atoms with E-state index in [0.717, 1.165) is 48.7 Å². The zero-order valence-corrected chi connectivity index (χ0v) is 13.8. The van der Waals surface area contributed by atoms with Gasteiger partial charge in [-0.05, 0) is 24.3 Å². The highest BCUT2D eigenvalue weighted by molar-refractivity contribution is 5.92. The van der Waals surface area contributed by atoms with Gasteiger partial charge in [0.15, 0.2) is 5.65 Å². The number of fused-ring (bicyclic) bond motifs is 3. The molecule has 0 N–H and O–H groups in total. The van der Waals surface area contributed by atoms with E-state index in [1.165, 1.54) is 5.69 Å². The number of hydrogen-bond donors (Lipinski definition) is 0. The molecule has 6 nitrogen and oxygen atoms in total. The molecule has 124 valence electrons. The normalized spacial score (nSPS) is 15.2. The molecule has 0 atom stereocenters. The van der Waals surface area contributed by atoms with E-state index < -0.39 is 0 Å². The summed E-state index contributed by atoms with van der Waals surface area (Å²) >= 11 is 0. The third-order valence-corrected chi connectivity index (χ3v) is 4.81. The van der Waals surface area contributed by atoms with Gasteiger partial charge in [0.2, 0.25) is 5.95 Å². The van der Waals surface area contributed by atoms with Crippen LogP contribution in [0.2, 0.25) is 0 Å². The molecule has 0 saturated carbocycles. The Balaban J connectivity index is 1.49. The molecule has 2 aromatic heterocycles. The Labute approximate surface area is 145 Å². The number of hydrogen-bond acceptors (Lipinski definition) is 5. The summed E-state index contributed by atoms with van der Waals surface area (Å²) in [5.41, 5.74) is 3.11. The third-order valence-electron chi connectivity index (χ3n) is 4.81. The van der Waals surface area contributed by atoms with Crippen LogP contribution in [0.1, 0.15) is 0 Å². The van der Waals surface area contributed by atoms with Crippen LogP contribution in [0, 0.1) is 0 Å². The van der Waals surface area contributed by atoms with Gasteiger partial charge < -0.3 is 9.80 Å². The number of anilines is 2. The molecule has 4 aromatic rings. The highest BCUT2D eigenvalue weighted by Crippen LogP contribution is 2.24. The maximum Gasteiger partial charge on any atom is 0.213 e. The van der Waals surface area contributed by atoms with Crippen molar-refractivity contribution >= 4 is 28.2 Å². The molecule has 0 amide bonds. The number of nitrogens with zero attached hydrogens (tertiary/aromatic N) is 6. The minimum absolute atomic E-state index is 0.867. The minimum Gasteiger partial charge on any atom is -0.368 e. The van der Waals surface area contributed by atoms with E-state index in [1.807, 2.05) is 28.7 Å². The second-order valence-corrected chi connectivity index (χ2v) is 6.26. The van der Waals surface area contributed by atoms with E-state index in [2.05, 4.69) is 50.3 Å². The van der Waals surface area contributed by atoms with Gasteiger partial charge in [-0.3, -0.25) is 4.40 Å². The van der Waals surface area contributed by atoms with Crippen molar-refractivity contribution in [1.82, 2.24) is 19.6 Å². The van der Waals surface area contributed by atoms with Crippen molar-refractivity contribution in [2.45, 2.75) is 0 Å². The second kappa shape index (κ2) is 5.73. The van der Waals surface area contributed by atoms with E-state index >= 15 is 0 Å². The van der Waals surface area contributed by atoms with Crippen molar-refractivity contribution in [3.8, 4) is 0 Å². The first-order chi connectivity index (χ1) is 12.4. The summed E-state index contributed by atoms with van der Waals surface area (Å²) in [5.74, 6) is 0.923. The lowest BCUT2D eigenvalue weighted by atomic mass is 10.2. The Hall–Kier alpha value is -3.15. The van der Waals surface area contributed by atoms with Crippen LogP contribution in [0.5, 0.6) is 0 Å². The van der Waals surface area contributed by atoms with E-state index in [-0.39, 0.29) is 0 Å². The van der Waals surface area contributed by atoms with Gasteiger partial charge in [0, 0.05) is 37.3 Å². The maximum atomic E-state index is 4.89. The average Bonchev–Trinajstić information content (AvgIpc) is 3.18. The second-order valence-electron chi connectivity index (χ2n) is 6.26. The van der Waals surface area contributed by atoms with E-state index in [0.29, 0.717) is 0 Å². The molecule has 1 aliphatic rings. The number of benzene rings is 2. The summed E-state index contributed by atoms with van der Waals surface area (Å²) in [5, 5.41) is 9.44. The molecule has 5 rings (SSSR count).